The smallest absolute Gasteiger partial charge is 0.350 e. The van der Waals surface area contributed by atoms with Crippen LogP contribution < -0.4 is 11.1 Å². The van der Waals surface area contributed by atoms with E-state index in [4.69, 9.17) is 5.73 Å². The fraction of sp³-hybridized carbons (Fsp3) is 0.429. The third-order valence-electron chi connectivity index (χ3n) is 3.00. The van der Waals surface area contributed by atoms with Gasteiger partial charge in [-0.1, -0.05) is 0 Å². The van der Waals surface area contributed by atoms with Crippen molar-refractivity contribution in [1.29, 1.82) is 0 Å². The minimum atomic E-state index is -4.50. The van der Waals surface area contributed by atoms with Gasteiger partial charge in [-0.25, -0.2) is 4.98 Å². The maximum atomic E-state index is 12.7. The molecule has 9 heteroatoms. The number of nitrogens with two attached hydrogens (primary N) is 1. The number of rotatable bonds is 3. The quantitative estimate of drug-likeness (QED) is 0.872. The van der Waals surface area contributed by atoms with Gasteiger partial charge in [0.25, 0.3) is 5.91 Å². The number of nitrogens with one attached hydrogen (secondary N) is 1. The number of nitrogens with zero attached hydrogens (tertiary/aromatic N) is 1. The van der Waals surface area contributed by atoms with E-state index in [1.807, 2.05) is 0 Å². The average molecular weight is 368 g/mol. The van der Waals surface area contributed by atoms with Gasteiger partial charge in [0.15, 0.2) is 0 Å². The lowest BCUT2D eigenvalue weighted by Crippen LogP contribution is -2.45. The molecule has 2 aromatic heterocycles. The summed E-state index contributed by atoms with van der Waals surface area (Å²) >= 11 is 0.949. The number of carbonyl (C=O) groups is 1. The maximum Gasteiger partial charge on any atom is 0.433 e. The van der Waals surface area contributed by atoms with E-state index in [2.05, 4.69) is 10.3 Å². The molecule has 128 valence electrons. The van der Waals surface area contributed by atoms with E-state index in [0.717, 1.165) is 17.4 Å². The number of aromatic nitrogens is 1. The summed E-state index contributed by atoms with van der Waals surface area (Å²) in [5, 5.41) is 3.23. The third-order valence-corrected chi connectivity index (χ3v) is 4.21. The Morgan fingerprint density at radius 2 is 1.96 bits per heavy atom. The SMILES string of the molecule is Cc1c(C(=O)NCC(C)(C)N)sc2nc(C(F)(F)F)ccc12.Cl. The van der Waals surface area contributed by atoms with Gasteiger partial charge in [-0.2, -0.15) is 13.2 Å². The molecule has 2 heterocycles. The molecule has 0 fully saturated rings. The van der Waals surface area contributed by atoms with Crippen molar-refractivity contribution < 1.29 is 18.0 Å². The molecule has 2 rings (SSSR count). The summed E-state index contributed by atoms with van der Waals surface area (Å²) in [6, 6.07) is 2.27. The van der Waals surface area contributed by atoms with Gasteiger partial charge in [0.2, 0.25) is 0 Å². The topological polar surface area (TPSA) is 68.0 Å². The highest BCUT2D eigenvalue weighted by Crippen LogP contribution is 2.34. The second kappa shape index (κ2) is 6.62. The van der Waals surface area contributed by atoms with E-state index < -0.39 is 17.4 Å². The van der Waals surface area contributed by atoms with Gasteiger partial charge in [0.05, 0.1) is 4.88 Å². The number of amides is 1. The molecule has 0 atom stereocenters. The summed E-state index contributed by atoms with van der Waals surface area (Å²) in [4.78, 5) is 16.3. The Morgan fingerprint density at radius 3 is 2.48 bits per heavy atom. The minimum absolute atomic E-state index is 0. The third kappa shape index (κ3) is 4.55. The maximum absolute atomic E-state index is 12.7. The molecular weight excluding hydrogens is 351 g/mol. The van der Waals surface area contributed by atoms with Crippen LogP contribution in [0, 0.1) is 6.92 Å². The number of halogens is 4. The van der Waals surface area contributed by atoms with Crippen LogP contribution in [-0.4, -0.2) is 23.0 Å². The Balaban J connectivity index is 0.00000264. The number of hydrogen-bond donors (Lipinski definition) is 2. The highest BCUT2D eigenvalue weighted by atomic mass is 35.5. The van der Waals surface area contributed by atoms with E-state index in [9.17, 15) is 18.0 Å². The molecule has 0 bridgehead atoms. The fourth-order valence-corrected chi connectivity index (χ4v) is 2.96. The van der Waals surface area contributed by atoms with Crippen LogP contribution in [-0.2, 0) is 6.18 Å². The Bertz CT molecular complexity index is 722. The van der Waals surface area contributed by atoms with Crippen LogP contribution >= 0.6 is 23.7 Å². The molecule has 3 N–H and O–H groups in total. The lowest BCUT2D eigenvalue weighted by atomic mass is 10.1. The summed E-state index contributed by atoms with van der Waals surface area (Å²) in [5.74, 6) is -0.354. The normalized spacial score (nSPS) is 12.1. The lowest BCUT2D eigenvalue weighted by molar-refractivity contribution is -0.140. The van der Waals surface area contributed by atoms with Crippen LogP contribution in [0.25, 0.3) is 10.2 Å². The first-order valence-corrected chi connectivity index (χ1v) is 7.35. The first kappa shape index (κ1) is 19.7. The average Bonchev–Trinajstić information content (AvgIpc) is 2.71. The molecule has 0 saturated carbocycles. The van der Waals surface area contributed by atoms with Crippen molar-refractivity contribution in [3.8, 4) is 0 Å². The summed E-state index contributed by atoms with van der Waals surface area (Å²) in [5.41, 5.74) is 4.88. The van der Waals surface area contributed by atoms with Crippen molar-refractivity contribution in [1.82, 2.24) is 10.3 Å². The molecule has 0 saturated heterocycles. The predicted molar refractivity (Wildman–Crippen MR) is 87.2 cm³/mol. The van der Waals surface area contributed by atoms with E-state index in [1.165, 1.54) is 6.07 Å². The van der Waals surface area contributed by atoms with Gasteiger partial charge in [-0.3, -0.25) is 4.79 Å². The summed E-state index contributed by atoms with van der Waals surface area (Å²) < 4.78 is 38.0. The van der Waals surface area contributed by atoms with Crippen molar-refractivity contribution in [2.75, 3.05) is 6.54 Å². The van der Waals surface area contributed by atoms with E-state index in [0.29, 0.717) is 15.8 Å². The Hall–Kier alpha value is -1.38. The van der Waals surface area contributed by atoms with Gasteiger partial charge >= 0.3 is 6.18 Å². The van der Waals surface area contributed by atoms with E-state index in [-0.39, 0.29) is 29.7 Å². The number of thiophene rings is 1. The summed E-state index contributed by atoms with van der Waals surface area (Å²) in [6.45, 7) is 5.49. The van der Waals surface area contributed by atoms with Gasteiger partial charge in [0, 0.05) is 17.5 Å². The van der Waals surface area contributed by atoms with Crippen molar-refractivity contribution in [2.45, 2.75) is 32.5 Å². The molecule has 1 amide bonds. The van der Waals surface area contributed by atoms with Crippen molar-refractivity contribution in [3.05, 3.63) is 28.3 Å². The van der Waals surface area contributed by atoms with Gasteiger partial charge in [0.1, 0.15) is 10.5 Å². The van der Waals surface area contributed by atoms with Crippen molar-refractivity contribution in [3.63, 3.8) is 0 Å². The molecule has 0 radical (unpaired) electrons. The summed E-state index contributed by atoms with van der Waals surface area (Å²) in [6.07, 6.45) is -4.50. The molecule has 0 spiro atoms. The van der Waals surface area contributed by atoms with Crippen molar-refractivity contribution >= 4 is 39.9 Å². The van der Waals surface area contributed by atoms with Crippen LogP contribution in [0.3, 0.4) is 0 Å². The van der Waals surface area contributed by atoms with Gasteiger partial charge in [-0.15, -0.1) is 23.7 Å². The standard InChI is InChI=1S/C14H16F3N3OS.ClH/c1-7-8-4-5-9(14(15,16)17)20-12(8)22-10(7)11(21)19-6-13(2,3)18;/h4-5H,6,18H2,1-3H3,(H,19,21);1H. The highest BCUT2D eigenvalue weighted by Gasteiger charge is 2.33. The zero-order valence-corrected chi connectivity index (χ0v) is 14.4. The molecule has 2 aromatic rings. The minimum Gasteiger partial charge on any atom is -0.350 e. The second-order valence-corrected chi connectivity index (χ2v) is 6.77. The molecule has 4 nitrogen and oxygen atoms in total. The Morgan fingerprint density at radius 1 is 1.35 bits per heavy atom. The Kier molecular flexibility index (Phi) is 5.66. The zero-order valence-electron chi connectivity index (χ0n) is 12.7. The molecule has 0 unspecified atom stereocenters. The number of carbonyl (C=O) groups excluding carboxylic acids is 1. The van der Waals surface area contributed by atoms with Crippen LogP contribution in [0.15, 0.2) is 12.1 Å². The van der Waals surface area contributed by atoms with E-state index in [1.54, 1.807) is 20.8 Å². The highest BCUT2D eigenvalue weighted by molar-refractivity contribution is 7.20. The summed E-state index contributed by atoms with van der Waals surface area (Å²) in [7, 11) is 0. The molecule has 0 aliphatic heterocycles. The molecule has 23 heavy (non-hydrogen) atoms. The van der Waals surface area contributed by atoms with Crippen LogP contribution in [0.2, 0.25) is 0 Å². The lowest BCUT2D eigenvalue weighted by Gasteiger charge is -2.18. The fourth-order valence-electron chi connectivity index (χ4n) is 1.86. The van der Waals surface area contributed by atoms with E-state index >= 15 is 0 Å². The number of pyridine rings is 1. The first-order valence-electron chi connectivity index (χ1n) is 6.53. The predicted octanol–water partition coefficient (Wildman–Crippen LogP) is 3.51. The van der Waals surface area contributed by atoms with Gasteiger partial charge < -0.3 is 11.1 Å². The monoisotopic (exact) mass is 367 g/mol. The Labute approximate surface area is 141 Å². The zero-order chi connectivity index (χ0) is 16.7. The molecule has 0 aliphatic carbocycles. The number of aryl methyl sites for hydroxylation is 1. The van der Waals surface area contributed by atoms with Crippen LogP contribution in [0.1, 0.15) is 34.8 Å². The van der Waals surface area contributed by atoms with Crippen molar-refractivity contribution in [2.24, 2.45) is 5.73 Å². The largest absolute Gasteiger partial charge is 0.433 e. The van der Waals surface area contributed by atoms with Gasteiger partial charge in [-0.05, 0) is 38.5 Å². The number of alkyl halides is 3. The molecule has 0 aliphatic rings. The van der Waals surface area contributed by atoms with Crippen LogP contribution in [0.4, 0.5) is 13.2 Å². The number of hydrogen-bond acceptors (Lipinski definition) is 4. The van der Waals surface area contributed by atoms with Crippen LogP contribution in [0.5, 0.6) is 0 Å². The molecular formula is C14H17ClF3N3OS. The number of fused-ring (bicyclic) bond motifs is 1. The first-order chi connectivity index (χ1) is 9.99. The molecule has 0 aromatic carbocycles. The second-order valence-electron chi connectivity index (χ2n) is 5.77.